The molecule has 16 rings (SSSR count). The van der Waals surface area contributed by atoms with E-state index in [1.54, 1.807) is 0 Å². The fraction of sp³-hybridized carbons (Fsp3) is 0.256. The number of anilines is 6. The van der Waals surface area contributed by atoms with Gasteiger partial charge in [0.05, 0.1) is 22.7 Å². The molecule has 0 aliphatic heterocycles. The second kappa shape index (κ2) is 22.4. The molecule has 2 aliphatic carbocycles. The Hall–Kier alpha value is -9.12. The summed E-state index contributed by atoms with van der Waals surface area (Å²) in [5.74, 6) is 1.54. The number of hydrogen-bond acceptors (Lipinski definition) is 4. The highest BCUT2D eigenvalue weighted by atomic mass is 16.3. The molecule has 4 nitrogen and oxygen atoms in total. The van der Waals surface area contributed by atoms with Crippen LogP contribution in [0.2, 0.25) is 0 Å². The van der Waals surface area contributed by atoms with Crippen molar-refractivity contribution in [2.24, 2.45) is 0 Å². The molecule has 2 aromatic heterocycles. The molecule has 90 heavy (non-hydrogen) atoms. The van der Waals surface area contributed by atoms with Gasteiger partial charge in [-0.3, -0.25) is 0 Å². The van der Waals surface area contributed by atoms with Gasteiger partial charge in [0.25, 0.3) is 0 Å². The molecule has 14 aromatic rings. The second-order valence-electron chi connectivity index (χ2n) is 27.3. The van der Waals surface area contributed by atoms with Crippen LogP contribution in [0.4, 0.5) is 34.1 Å². The van der Waals surface area contributed by atoms with Crippen LogP contribution in [0.25, 0.3) is 98.4 Å². The van der Waals surface area contributed by atoms with Crippen LogP contribution in [0.15, 0.2) is 203 Å². The van der Waals surface area contributed by atoms with E-state index < -0.39 is 0 Å². The van der Waals surface area contributed by atoms with Gasteiger partial charge in [-0.1, -0.05) is 224 Å². The minimum Gasteiger partial charge on any atom is -0.453 e. The summed E-state index contributed by atoms with van der Waals surface area (Å²) in [4.78, 5) is 5.21. The van der Waals surface area contributed by atoms with E-state index in [1.807, 2.05) is 0 Å². The number of furan rings is 2. The molecule has 0 atom stereocenters. The van der Waals surface area contributed by atoms with Crippen molar-refractivity contribution in [3.05, 3.63) is 239 Å². The van der Waals surface area contributed by atoms with E-state index in [-0.39, 0.29) is 0 Å². The maximum atomic E-state index is 7.54. The lowest BCUT2D eigenvalue weighted by Gasteiger charge is -2.34. The quantitative estimate of drug-likeness (QED) is 0.114. The molecule has 4 heteroatoms. The van der Waals surface area contributed by atoms with E-state index in [2.05, 4.69) is 259 Å². The number of nitrogens with zero attached hydrogens (tertiary/aromatic N) is 2. The standard InChI is InChI=1S/C86H80N2O2/c1-51(2)59-27-15-17-29-61(59)65-31-19-33-67-69-35-21-37-75(85(69)89-83(65)67)87(77-47-53(5)39-41-55(77)7)79-49-73(57-23-11-9-12-24-57)63-44-46-72-80(50-74(58-25-13-10-14-26-58)64-43-45-71(79)81(63)82(64)72)88(78-48-54(6)40-42-56(78)8)76-38-22-36-70-68-34-20-32-66(84(68)90-86(70)76)62-30-18-16-28-60(62)52(3)4/h15-22,27-52,57-58H,9-14,23-26H2,1-8H3. The van der Waals surface area contributed by atoms with Crippen molar-refractivity contribution in [1.82, 2.24) is 0 Å². The van der Waals surface area contributed by atoms with Crippen molar-refractivity contribution in [2.45, 2.75) is 143 Å². The predicted octanol–water partition coefficient (Wildman–Crippen LogP) is 26.2. The van der Waals surface area contributed by atoms with Gasteiger partial charge >= 0.3 is 0 Å². The SMILES string of the molecule is Cc1ccc(C)c(N(c2cc(C3CCCCC3)c3ccc4c(N(c5cc(C)ccc5C)c5cccc6c5oc5c(-c7ccccc7C(C)C)cccc56)cc(C5CCCCC5)c5ccc2c3c54)c2cccc3c2oc2c(-c4ccccc4C(C)C)cccc23)c1. The third-order valence-electron chi connectivity index (χ3n) is 20.9. The first-order valence-electron chi connectivity index (χ1n) is 33.6. The molecule has 2 heterocycles. The largest absolute Gasteiger partial charge is 0.453 e. The maximum Gasteiger partial charge on any atom is 0.159 e. The first-order chi connectivity index (χ1) is 44.0. The number of para-hydroxylation sites is 4. The van der Waals surface area contributed by atoms with Crippen LogP contribution >= 0.6 is 0 Å². The molecule has 0 unspecified atom stereocenters. The third kappa shape index (κ3) is 9.13. The van der Waals surface area contributed by atoms with Crippen LogP contribution in [-0.4, -0.2) is 0 Å². The van der Waals surface area contributed by atoms with E-state index in [9.17, 15) is 0 Å². The van der Waals surface area contributed by atoms with Gasteiger partial charge in [0.2, 0.25) is 0 Å². The minimum absolute atomic E-state index is 0.353. The van der Waals surface area contributed by atoms with Gasteiger partial charge in [0.15, 0.2) is 11.2 Å². The molecule has 446 valence electrons. The van der Waals surface area contributed by atoms with Crippen molar-refractivity contribution < 1.29 is 8.83 Å². The van der Waals surface area contributed by atoms with E-state index in [0.717, 1.165) is 77.8 Å². The molecule has 0 bridgehead atoms. The highest BCUT2D eigenvalue weighted by molar-refractivity contribution is 6.30. The summed E-state index contributed by atoms with van der Waals surface area (Å²) in [6.45, 7) is 18.2. The zero-order valence-corrected chi connectivity index (χ0v) is 53.6. The second-order valence-corrected chi connectivity index (χ2v) is 27.3. The topological polar surface area (TPSA) is 32.8 Å². The molecule has 0 amide bonds. The van der Waals surface area contributed by atoms with Gasteiger partial charge in [0.1, 0.15) is 11.2 Å². The number of rotatable bonds is 12. The van der Waals surface area contributed by atoms with E-state index in [4.69, 9.17) is 8.83 Å². The first-order valence-corrected chi connectivity index (χ1v) is 33.6. The number of benzene rings is 12. The lowest BCUT2D eigenvalue weighted by Crippen LogP contribution is -2.15. The Labute approximate surface area is 530 Å². The Morgan fingerprint density at radius 2 is 0.678 bits per heavy atom. The average Bonchev–Trinajstić information content (AvgIpc) is 1.06. The van der Waals surface area contributed by atoms with Crippen LogP contribution in [0, 0.1) is 27.7 Å². The fourth-order valence-electron chi connectivity index (χ4n) is 16.5. The van der Waals surface area contributed by atoms with Gasteiger partial charge in [-0.15, -0.1) is 0 Å². The average molecular weight is 1170 g/mol. The molecule has 0 saturated heterocycles. The summed E-state index contributed by atoms with van der Waals surface area (Å²) < 4.78 is 15.1. The van der Waals surface area contributed by atoms with Crippen LogP contribution in [0.5, 0.6) is 0 Å². The lowest BCUT2D eigenvalue weighted by atomic mass is 9.77. The summed E-state index contributed by atoms with van der Waals surface area (Å²) in [6, 6.07) is 74.2. The maximum absolute atomic E-state index is 7.54. The monoisotopic (exact) mass is 1170 g/mol. The number of hydrogen-bond donors (Lipinski definition) is 0. The highest BCUT2D eigenvalue weighted by Crippen LogP contribution is 2.56. The van der Waals surface area contributed by atoms with Gasteiger partial charge in [-0.25, -0.2) is 0 Å². The molecule has 12 aromatic carbocycles. The number of aryl methyl sites for hydroxylation is 4. The molecule has 2 saturated carbocycles. The van der Waals surface area contributed by atoms with Gasteiger partial charge in [-0.2, -0.15) is 0 Å². The zero-order valence-electron chi connectivity index (χ0n) is 53.6. The molecule has 0 spiro atoms. The Kier molecular flexibility index (Phi) is 14.0. The van der Waals surface area contributed by atoms with Crippen LogP contribution in [0.1, 0.15) is 160 Å². The van der Waals surface area contributed by atoms with Crippen molar-refractivity contribution >= 4 is 110 Å². The Balaban J connectivity index is 1.01. The smallest absolute Gasteiger partial charge is 0.159 e. The third-order valence-corrected chi connectivity index (χ3v) is 20.9. The molecular formula is C86H80N2O2. The van der Waals surface area contributed by atoms with Gasteiger partial charge < -0.3 is 18.6 Å². The Morgan fingerprint density at radius 3 is 1.09 bits per heavy atom. The first kappa shape index (κ1) is 56.1. The number of fused-ring (bicyclic) bond motifs is 6. The molecule has 2 aliphatic rings. The normalized spacial score (nSPS) is 14.6. The molecular weight excluding hydrogens is 1090 g/mol. The van der Waals surface area contributed by atoms with Crippen LogP contribution in [0.3, 0.4) is 0 Å². The summed E-state index contributed by atoms with van der Waals surface area (Å²) in [6.07, 6.45) is 12.2. The summed E-state index contributed by atoms with van der Waals surface area (Å²) >= 11 is 0. The lowest BCUT2D eigenvalue weighted by molar-refractivity contribution is 0.445. The summed E-state index contributed by atoms with van der Waals surface area (Å²) in [5, 5.41) is 12.5. The predicted molar refractivity (Wildman–Crippen MR) is 384 cm³/mol. The fourth-order valence-corrected chi connectivity index (χ4v) is 16.5. The van der Waals surface area contributed by atoms with E-state index in [1.165, 1.54) is 164 Å². The Morgan fingerprint density at radius 1 is 0.311 bits per heavy atom. The van der Waals surface area contributed by atoms with Crippen molar-refractivity contribution in [1.29, 1.82) is 0 Å². The van der Waals surface area contributed by atoms with E-state index in [0.29, 0.717) is 23.7 Å². The molecule has 0 N–H and O–H groups in total. The van der Waals surface area contributed by atoms with Gasteiger partial charge in [-0.05, 0) is 191 Å². The van der Waals surface area contributed by atoms with Gasteiger partial charge in [0, 0.05) is 54.8 Å². The minimum atomic E-state index is 0.353. The zero-order chi connectivity index (χ0) is 61.1. The highest BCUT2D eigenvalue weighted by Gasteiger charge is 2.33. The Bertz CT molecular complexity index is 4790. The van der Waals surface area contributed by atoms with Crippen molar-refractivity contribution in [2.75, 3.05) is 9.80 Å². The molecule has 2 fully saturated rings. The van der Waals surface area contributed by atoms with Crippen molar-refractivity contribution in [3.8, 4) is 22.3 Å². The van der Waals surface area contributed by atoms with Crippen molar-refractivity contribution in [3.63, 3.8) is 0 Å². The van der Waals surface area contributed by atoms with E-state index >= 15 is 0 Å². The van der Waals surface area contributed by atoms with Crippen LogP contribution < -0.4 is 9.80 Å². The molecule has 0 radical (unpaired) electrons. The summed E-state index contributed by atoms with van der Waals surface area (Å²) in [5.41, 5.74) is 25.6. The van der Waals surface area contributed by atoms with Crippen LogP contribution in [-0.2, 0) is 0 Å². The summed E-state index contributed by atoms with van der Waals surface area (Å²) in [7, 11) is 0.